The Morgan fingerprint density at radius 1 is 1.06 bits per heavy atom. The van der Waals surface area contributed by atoms with Crippen LogP contribution in [0.5, 0.6) is 0 Å². The van der Waals surface area contributed by atoms with Gasteiger partial charge in [0.2, 0.25) is 5.91 Å². The third-order valence-corrected chi connectivity index (χ3v) is 5.81. The van der Waals surface area contributed by atoms with E-state index in [1.165, 1.54) is 12.1 Å². The first-order valence-corrected chi connectivity index (χ1v) is 11.8. The quantitative estimate of drug-likeness (QED) is 0.597. The van der Waals surface area contributed by atoms with E-state index < -0.39 is 5.60 Å². The second-order valence-electron chi connectivity index (χ2n) is 9.74. The highest BCUT2D eigenvalue weighted by molar-refractivity contribution is 5.79. The lowest BCUT2D eigenvalue weighted by molar-refractivity contribution is -0.126. The van der Waals surface area contributed by atoms with Gasteiger partial charge in [-0.2, -0.15) is 0 Å². The lowest BCUT2D eigenvalue weighted by Crippen LogP contribution is -2.45. The molecule has 1 saturated heterocycles. The summed E-state index contributed by atoms with van der Waals surface area (Å²) in [6.07, 6.45) is 0.901. The first kappa shape index (κ1) is 25.7. The Hall–Kier alpha value is -2.93. The Kier molecular flexibility index (Phi) is 9.05. The van der Waals surface area contributed by atoms with Gasteiger partial charge in [0.05, 0.1) is 13.2 Å². The van der Waals surface area contributed by atoms with Gasteiger partial charge in [-0.25, -0.2) is 9.18 Å². The number of halogens is 1. The van der Waals surface area contributed by atoms with E-state index in [1.54, 1.807) is 17.0 Å². The summed E-state index contributed by atoms with van der Waals surface area (Å²) in [5, 5.41) is 3.09. The fourth-order valence-corrected chi connectivity index (χ4v) is 3.92. The molecule has 2 aromatic carbocycles. The standard InChI is InChI=1S/C27H35FN2O4/c1-27(2,3)34-26(32)30-15-13-22(14-16-30)25(31)29-17-23(21-7-5-4-6-8-21)19-33-18-20-9-11-24(28)12-10-20/h4-12,22-23H,13-19H2,1-3H3,(H,29,31). The van der Waals surface area contributed by atoms with Crippen LogP contribution >= 0.6 is 0 Å². The smallest absolute Gasteiger partial charge is 0.410 e. The molecule has 1 N–H and O–H groups in total. The average Bonchev–Trinajstić information content (AvgIpc) is 2.82. The maximum absolute atomic E-state index is 13.1. The fraction of sp³-hybridized carbons (Fsp3) is 0.481. The van der Waals surface area contributed by atoms with Crippen LogP contribution in [0.4, 0.5) is 9.18 Å². The molecule has 3 rings (SSSR count). The Morgan fingerprint density at radius 2 is 1.71 bits per heavy atom. The molecular formula is C27H35FN2O4. The Labute approximate surface area is 201 Å². The summed E-state index contributed by atoms with van der Waals surface area (Å²) in [6.45, 7) is 7.82. The number of likely N-dealkylation sites (tertiary alicyclic amines) is 1. The lowest BCUT2D eigenvalue weighted by Gasteiger charge is -2.33. The predicted octanol–water partition coefficient (Wildman–Crippen LogP) is 4.89. The van der Waals surface area contributed by atoms with Gasteiger partial charge < -0.3 is 19.7 Å². The van der Waals surface area contributed by atoms with Crippen molar-refractivity contribution in [3.8, 4) is 0 Å². The average molecular weight is 471 g/mol. The Bertz CT molecular complexity index is 920. The number of hydrogen-bond acceptors (Lipinski definition) is 4. The van der Waals surface area contributed by atoms with Crippen LogP contribution in [0.2, 0.25) is 0 Å². The first-order chi connectivity index (χ1) is 16.2. The minimum absolute atomic E-state index is 0.00306. The van der Waals surface area contributed by atoms with E-state index >= 15 is 0 Å². The number of ether oxygens (including phenoxy) is 2. The fourth-order valence-electron chi connectivity index (χ4n) is 3.92. The van der Waals surface area contributed by atoms with Gasteiger partial charge in [-0.1, -0.05) is 42.5 Å². The minimum atomic E-state index is -0.531. The van der Waals surface area contributed by atoms with Gasteiger partial charge in [-0.3, -0.25) is 4.79 Å². The van der Waals surface area contributed by atoms with Gasteiger partial charge in [0, 0.05) is 31.5 Å². The van der Waals surface area contributed by atoms with E-state index in [2.05, 4.69) is 5.32 Å². The maximum atomic E-state index is 13.1. The molecule has 0 spiro atoms. The first-order valence-electron chi connectivity index (χ1n) is 11.8. The van der Waals surface area contributed by atoms with Gasteiger partial charge >= 0.3 is 6.09 Å². The molecule has 1 unspecified atom stereocenters. The van der Waals surface area contributed by atoms with Crippen molar-refractivity contribution in [1.82, 2.24) is 10.2 Å². The lowest BCUT2D eigenvalue weighted by atomic mass is 9.95. The van der Waals surface area contributed by atoms with Crippen molar-refractivity contribution in [3.63, 3.8) is 0 Å². The molecule has 34 heavy (non-hydrogen) atoms. The highest BCUT2D eigenvalue weighted by Gasteiger charge is 2.30. The second kappa shape index (κ2) is 12.0. The maximum Gasteiger partial charge on any atom is 0.410 e. The van der Waals surface area contributed by atoms with Gasteiger partial charge in [-0.05, 0) is 56.9 Å². The van der Waals surface area contributed by atoms with E-state index in [0.29, 0.717) is 45.7 Å². The number of nitrogens with zero attached hydrogens (tertiary/aromatic N) is 1. The topological polar surface area (TPSA) is 67.9 Å². The predicted molar refractivity (Wildman–Crippen MR) is 129 cm³/mol. The number of carbonyl (C=O) groups is 2. The van der Waals surface area contributed by atoms with Gasteiger partial charge in [-0.15, -0.1) is 0 Å². The van der Waals surface area contributed by atoms with E-state index in [0.717, 1.165) is 11.1 Å². The molecular weight excluding hydrogens is 435 g/mol. The van der Waals surface area contributed by atoms with Crippen molar-refractivity contribution in [1.29, 1.82) is 0 Å². The molecule has 1 atom stereocenters. The zero-order valence-electron chi connectivity index (χ0n) is 20.3. The van der Waals surface area contributed by atoms with Crippen LogP contribution in [-0.2, 0) is 20.9 Å². The number of piperidine rings is 1. The molecule has 184 valence electrons. The number of amides is 2. The molecule has 1 heterocycles. The summed E-state index contributed by atoms with van der Waals surface area (Å²) in [7, 11) is 0. The summed E-state index contributed by atoms with van der Waals surface area (Å²) < 4.78 is 24.4. The number of rotatable bonds is 8. The normalized spacial score (nSPS) is 15.6. The van der Waals surface area contributed by atoms with Crippen LogP contribution in [0.25, 0.3) is 0 Å². The number of benzene rings is 2. The van der Waals surface area contributed by atoms with Crippen molar-refractivity contribution >= 4 is 12.0 Å². The van der Waals surface area contributed by atoms with Crippen molar-refractivity contribution in [3.05, 3.63) is 71.5 Å². The third kappa shape index (κ3) is 8.13. The van der Waals surface area contributed by atoms with Crippen LogP contribution < -0.4 is 5.32 Å². The van der Waals surface area contributed by atoms with E-state index in [9.17, 15) is 14.0 Å². The van der Waals surface area contributed by atoms with Gasteiger partial charge in [0.15, 0.2) is 0 Å². The summed E-state index contributed by atoms with van der Waals surface area (Å²) in [6, 6.07) is 16.2. The molecule has 1 aliphatic rings. The van der Waals surface area contributed by atoms with Crippen LogP contribution in [0.1, 0.15) is 50.7 Å². The number of hydrogen-bond donors (Lipinski definition) is 1. The number of nitrogens with one attached hydrogen (secondary N) is 1. The third-order valence-electron chi connectivity index (χ3n) is 5.81. The monoisotopic (exact) mass is 470 g/mol. The van der Waals surface area contributed by atoms with Crippen molar-refractivity contribution in [2.75, 3.05) is 26.2 Å². The molecule has 2 amide bonds. The van der Waals surface area contributed by atoms with Crippen LogP contribution in [-0.4, -0.2) is 48.7 Å². The molecule has 2 aromatic rings. The number of carbonyl (C=O) groups excluding carboxylic acids is 2. The summed E-state index contributed by atoms with van der Waals surface area (Å²) in [5.74, 6) is -0.406. The molecule has 0 aliphatic carbocycles. The molecule has 0 aromatic heterocycles. The van der Waals surface area contributed by atoms with Crippen LogP contribution in [0.3, 0.4) is 0 Å². The SMILES string of the molecule is CC(C)(C)OC(=O)N1CCC(C(=O)NCC(COCc2ccc(F)cc2)c2ccccc2)CC1. The highest BCUT2D eigenvalue weighted by atomic mass is 19.1. The summed E-state index contributed by atoms with van der Waals surface area (Å²) in [4.78, 5) is 26.8. The molecule has 0 bridgehead atoms. The van der Waals surface area contributed by atoms with E-state index in [1.807, 2.05) is 51.1 Å². The zero-order chi connectivity index (χ0) is 24.6. The molecule has 7 heteroatoms. The van der Waals surface area contributed by atoms with E-state index in [4.69, 9.17) is 9.47 Å². The van der Waals surface area contributed by atoms with Crippen LogP contribution in [0, 0.1) is 11.7 Å². The molecule has 0 saturated carbocycles. The van der Waals surface area contributed by atoms with Gasteiger partial charge in [0.25, 0.3) is 0 Å². The summed E-state index contributed by atoms with van der Waals surface area (Å²) >= 11 is 0. The second-order valence-corrected chi connectivity index (χ2v) is 9.74. The summed E-state index contributed by atoms with van der Waals surface area (Å²) in [5.41, 5.74) is 1.45. The highest BCUT2D eigenvalue weighted by Crippen LogP contribution is 2.21. The van der Waals surface area contributed by atoms with Crippen molar-refractivity contribution in [2.45, 2.75) is 51.7 Å². The van der Waals surface area contributed by atoms with Gasteiger partial charge in [0.1, 0.15) is 11.4 Å². The Balaban J connectivity index is 1.49. The Morgan fingerprint density at radius 3 is 2.32 bits per heavy atom. The zero-order valence-corrected chi connectivity index (χ0v) is 20.3. The minimum Gasteiger partial charge on any atom is -0.444 e. The van der Waals surface area contributed by atoms with Crippen LogP contribution in [0.15, 0.2) is 54.6 Å². The molecule has 6 nitrogen and oxygen atoms in total. The van der Waals surface area contributed by atoms with Crippen molar-refractivity contribution in [2.24, 2.45) is 5.92 Å². The molecule has 1 fully saturated rings. The van der Waals surface area contributed by atoms with Crippen molar-refractivity contribution < 1.29 is 23.5 Å². The molecule has 1 aliphatic heterocycles. The largest absolute Gasteiger partial charge is 0.444 e. The van der Waals surface area contributed by atoms with E-state index in [-0.39, 0.29) is 29.7 Å². The molecule has 0 radical (unpaired) electrons.